The Morgan fingerprint density at radius 3 is 2.63 bits per heavy atom. The summed E-state index contributed by atoms with van der Waals surface area (Å²) in [5.41, 5.74) is -1.34. The molecule has 0 unspecified atom stereocenters. The number of aromatic nitrogens is 4. The summed E-state index contributed by atoms with van der Waals surface area (Å²) >= 11 is 3.28. The molecule has 1 amide bonds. The van der Waals surface area contributed by atoms with Crippen LogP contribution in [0.2, 0.25) is 0 Å². The van der Waals surface area contributed by atoms with E-state index in [1.54, 1.807) is 23.3 Å². The molecule has 0 aliphatic rings. The van der Waals surface area contributed by atoms with Crippen molar-refractivity contribution in [3.63, 3.8) is 0 Å². The van der Waals surface area contributed by atoms with Gasteiger partial charge >= 0.3 is 6.18 Å². The molecule has 0 aliphatic carbocycles. The van der Waals surface area contributed by atoms with E-state index in [-0.39, 0.29) is 29.5 Å². The summed E-state index contributed by atoms with van der Waals surface area (Å²) in [6.07, 6.45) is 0.285. The number of nitro benzene ring substituents is 1. The molecule has 2 heterocycles. The third-order valence-corrected chi connectivity index (χ3v) is 4.93. The van der Waals surface area contributed by atoms with Crippen molar-refractivity contribution in [1.82, 2.24) is 19.6 Å². The van der Waals surface area contributed by atoms with Crippen molar-refractivity contribution in [2.24, 2.45) is 0 Å². The van der Waals surface area contributed by atoms with Gasteiger partial charge in [0.1, 0.15) is 18.2 Å². The summed E-state index contributed by atoms with van der Waals surface area (Å²) in [6.45, 7) is 0.241. The third-order valence-electron chi connectivity index (χ3n) is 4.52. The van der Waals surface area contributed by atoms with Crippen LogP contribution in [0.15, 0.2) is 71.6 Å². The maximum Gasteiger partial charge on any atom is 0.416 e. The van der Waals surface area contributed by atoms with E-state index in [9.17, 15) is 28.1 Å². The summed E-state index contributed by atoms with van der Waals surface area (Å²) < 4.78 is 48.1. The Kier molecular flexibility index (Phi) is 6.55. The van der Waals surface area contributed by atoms with E-state index in [1.165, 1.54) is 22.9 Å². The van der Waals surface area contributed by atoms with Crippen molar-refractivity contribution >= 4 is 33.2 Å². The number of amides is 1. The molecule has 0 saturated carbocycles. The predicted molar refractivity (Wildman–Crippen MR) is 120 cm³/mol. The van der Waals surface area contributed by atoms with Crippen molar-refractivity contribution in [3.05, 3.63) is 93.0 Å². The van der Waals surface area contributed by atoms with Crippen molar-refractivity contribution in [2.75, 3.05) is 5.32 Å². The highest BCUT2D eigenvalue weighted by atomic mass is 79.9. The second-order valence-corrected chi connectivity index (χ2v) is 8.05. The molecule has 180 valence electrons. The summed E-state index contributed by atoms with van der Waals surface area (Å²) in [4.78, 5) is 23.3. The van der Waals surface area contributed by atoms with Crippen LogP contribution in [0.3, 0.4) is 0 Å². The van der Waals surface area contributed by atoms with E-state index in [2.05, 4.69) is 31.4 Å². The lowest BCUT2D eigenvalue weighted by Gasteiger charge is -2.11. The second kappa shape index (κ2) is 9.58. The zero-order valence-corrected chi connectivity index (χ0v) is 19.0. The van der Waals surface area contributed by atoms with Gasteiger partial charge in [0.15, 0.2) is 5.69 Å². The van der Waals surface area contributed by atoms with Gasteiger partial charge in [0.25, 0.3) is 11.6 Å². The van der Waals surface area contributed by atoms with E-state index < -0.39 is 28.3 Å². The lowest BCUT2D eigenvalue weighted by molar-refractivity contribution is -0.384. The molecule has 0 saturated heterocycles. The van der Waals surface area contributed by atoms with Gasteiger partial charge in [-0.2, -0.15) is 23.4 Å². The first kappa shape index (κ1) is 23.9. The van der Waals surface area contributed by atoms with Crippen LogP contribution in [-0.2, 0) is 12.8 Å². The molecule has 2 aromatic heterocycles. The molecule has 2 aromatic carbocycles. The Bertz CT molecular complexity index is 1400. The fraction of sp³-hybridized carbons (Fsp3) is 0.0952. The molecule has 4 rings (SSSR count). The number of non-ortho nitro benzene ring substituents is 1. The highest BCUT2D eigenvalue weighted by Gasteiger charge is 2.30. The first-order valence-corrected chi connectivity index (χ1v) is 10.5. The van der Waals surface area contributed by atoms with Crippen LogP contribution in [0.4, 0.5) is 24.5 Å². The Labute approximate surface area is 203 Å². The van der Waals surface area contributed by atoms with Gasteiger partial charge in [-0.25, -0.2) is 4.68 Å². The Morgan fingerprint density at radius 2 is 1.94 bits per heavy atom. The Hall–Kier alpha value is -4.20. The number of hydrogen-bond donors (Lipinski definition) is 1. The largest absolute Gasteiger partial charge is 0.457 e. The summed E-state index contributed by atoms with van der Waals surface area (Å²) in [7, 11) is 0. The van der Waals surface area contributed by atoms with Crippen LogP contribution in [0.1, 0.15) is 16.1 Å². The highest BCUT2D eigenvalue weighted by Crippen LogP contribution is 2.34. The van der Waals surface area contributed by atoms with Gasteiger partial charge in [-0.05, 0) is 40.2 Å². The molecule has 10 nitrogen and oxygen atoms in total. The third kappa shape index (κ3) is 6.03. The van der Waals surface area contributed by atoms with Crippen LogP contribution in [0.25, 0.3) is 0 Å². The molecule has 0 atom stereocenters. The summed E-state index contributed by atoms with van der Waals surface area (Å²) in [5.74, 6) is -0.971. The first-order valence-electron chi connectivity index (χ1n) is 9.74. The van der Waals surface area contributed by atoms with E-state index in [1.807, 2.05) is 0 Å². The number of ether oxygens (including phenoxy) is 1. The van der Waals surface area contributed by atoms with Gasteiger partial charge in [0.05, 0.1) is 32.9 Å². The molecule has 0 spiro atoms. The minimum Gasteiger partial charge on any atom is -0.457 e. The SMILES string of the molecule is O=C(Nc1cc(Oc2cccc(C(F)(F)F)c2)cc([N+](=O)[O-])c1)c1ccn(Cn2cc(Br)cn2)n1. The van der Waals surface area contributed by atoms with E-state index >= 15 is 0 Å². The molecular formula is C21H14BrF3N6O4. The highest BCUT2D eigenvalue weighted by molar-refractivity contribution is 9.10. The zero-order valence-electron chi connectivity index (χ0n) is 17.4. The molecular weight excluding hydrogens is 537 g/mol. The minimum absolute atomic E-state index is 0.00303. The normalized spacial score (nSPS) is 11.3. The molecule has 0 radical (unpaired) electrons. The zero-order chi connectivity index (χ0) is 25.2. The van der Waals surface area contributed by atoms with Crippen LogP contribution >= 0.6 is 15.9 Å². The van der Waals surface area contributed by atoms with Gasteiger partial charge in [-0.3, -0.25) is 19.6 Å². The van der Waals surface area contributed by atoms with Crippen molar-refractivity contribution in [3.8, 4) is 11.5 Å². The molecule has 1 N–H and O–H groups in total. The molecule has 0 aliphatic heterocycles. The second-order valence-electron chi connectivity index (χ2n) is 7.13. The number of rotatable bonds is 7. The number of benzene rings is 2. The lowest BCUT2D eigenvalue weighted by Crippen LogP contribution is -2.15. The van der Waals surface area contributed by atoms with Gasteiger partial charge in [0.2, 0.25) is 0 Å². The number of carbonyl (C=O) groups excluding carboxylic acids is 1. The van der Waals surface area contributed by atoms with Crippen molar-refractivity contribution < 1.29 is 27.6 Å². The number of anilines is 1. The standard InChI is InChI=1S/C21H14BrF3N6O4/c22-14-10-26-30(11-14)12-29-5-4-19(28-29)20(32)27-15-7-16(31(33)34)9-18(8-15)35-17-3-1-2-13(6-17)21(23,24)25/h1-11H,12H2,(H,27,32). The van der Waals surface area contributed by atoms with Crippen LogP contribution in [0, 0.1) is 10.1 Å². The van der Waals surface area contributed by atoms with Crippen LogP contribution in [-0.4, -0.2) is 30.4 Å². The van der Waals surface area contributed by atoms with Crippen LogP contribution in [0.5, 0.6) is 11.5 Å². The van der Waals surface area contributed by atoms with Gasteiger partial charge in [0, 0.05) is 24.5 Å². The average Bonchev–Trinajstić information content (AvgIpc) is 3.42. The number of nitrogens with zero attached hydrogens (tertiary/aromatic N) is 5. The number of alkyl halides is 3. The number of nitro groups is 1. The quantitative estimate of drug-likeness (QED) is 0.246. The number of hydrogen-bond acceptors (Lipinski definition) is 6. The maximum atomic E-state index is 13.0. The van der Waals surface area contributed by atoms with Crippen LogP contribution < -0.4 is 10.1 Å². The molecule has 14 heteroatoms. The maximum absolute atomic E-state index is 13.0. The monoisotopic (exact) mass is 550 g/mol. The van der Waals surface area contributed by atoms with E-state index in [0.717, 1.165) is 34.8 Å². The van der Waals surface area contributed by atoms with Gasteiger partial charge < -0.3 is 10.1 Å². The molecule has 0 fully saturated rings. The smallest absolute Gasteiger partial charge is 0.416 e. The topological polar surface area (TPSA) is 117 Å². The number of nitrogens with one attached hydrogen (secondary N) is 1. The minimum atomic E-state index is -4.58. The van der Waals surface area contributed by atoms with Crippen molar-refractivity contribution in [1.29, 1.82) is 0 Å². The predicted octanol–water partition coefficient (Wildman–Crippen LogP) is 5.32. The lowest BCUT2D eigenvalue weighted by atomic mass is 10.2. The number of halogens is 4. The average molecular weight is 551 g/mol. The molecule has 35 heavy (non-hydrogen) atoms. The fourth-order valence-corrected chi connectivity index (χ4v) is 3.34. The molecule has 4 aromatic rings. The van der Waals surface area contributed by atoms with Gasteiger partial charge in [-0.15, -0.1) is 0 Å². The first-order chi connectivity index (χ1) is 16.6. The van der Waals surface area contributed by atoms with E-state index in [4.69, 9.17) is 4.74 Å². The number of carbonyl (C=O) groups is 1. The van der Waals surface area contributed by atoms with Gasteiger partial charge in [-0.1, -0.05) is 6.07 Å². The Balaban J connectivity index is 1.53. The Morgan fingerprint density at radius 1 is 1.14 bits per heavy atom. The van der Waals surface area contributed by atoms with E-state index in [0.29, 0.717) is 0 Å². The summed E-state index contributed by atoms with van der Waals surface area (Å²) in [5, 5.41) is 22.1. The fourth-order valence-electron chi connectivity index (χ4n) is 3.01. The molecule has 0 bridgehead atoms. The summed E-state index contributed by atoms with van der Waals surface area (Å²) in [6, 6.07) is 8.89. The van der Waals surface area contributed by atoms with Crippen molar-refractivity contribution in [2.45, 2.75) is 12.8 Å².